The van der Waals surface area contributed by atoms with E-state index in [-0.39, 0.29) is 5.91 Å². The molecule has 1 saturated heterocycles. The predicted molar refractivity (Wildman–Crippen MR) is 93.5 cm³/mol. The van der Waals surface area contributed by atoms with Gasteiger partial charge in [0, 0.05) is 12.1 Å². The van der Waals surface area contributed by atoms with Crippen LogP contribution in [0.15, 0.2) is 54.6 Å². The van der Waals surface area contributed by atoms with E-state index < -0.39 is 12.0 Å². The minimum Gasteiger partial charge on any atom is -0.489 e. The molecule has 3 rings (SSSR count). The average molecular weight is 339 g/mol. The summed E-state index contributed by atoms with van der Waals surface area (Å²) in [5.41, 5.74) is 1.56. The first-order valence-corrected chi connectivity index (χ1v) is 8.46. The van der Waals surface area contributed by atoms with Crippen LogP contribution < -0.4 is 4.74 Å². The zero-order valence-electron chi connectivity index (χ0n) is 13.9. The van der Waals surface area contributed by atoms with Gasteiger partial charge in [0.2, 0.25) is 0 Å². The van der Waals surface area contributed by atoms with E-state index in [0.717, 1.165) is 18.4 Å². The zero-order chi connectivity index (χ0) is 17.6. The number of likely N-dealkylation sites (tertiary alicyclic amines) is 1. The lowest BCUT2D eigenvalue weighted by atomic mass is 10.0. The van der Waals surface area contributed by atoms with Gasteiger partial charge < -0.3 is 14.7 Å². The molecule has 0 bridgehead atoms. The Morgan fingerprint density at radius 2 is 1.76 bits per heavy atom. The molecule has 2 aromatic rings. The molecule has 1 heterocycles. The number of carbonyl (C=O) groups excluding carboxylic acids is 1. The van der Waals surface area contributed by atoms with Crippen molar-refractivity contribution in [3.63, 3.8) is 0 Å². The van der Waals surface area contributed by atoms with Crippen molar-refractivity contribution >= 4 is 11.9 Å². The molecule has 0 spiro atoms. The average Bonchev–Trinajstić information content (AvgIpc) is 2.67. The number of carboxylic acids is 1. The van der Waals surface area contributed by atoms with Gasteiger partial charge in [-0.05, 0) is 49.1 Å². The molecule has 1 fully saturated rings. The first kappa shape index (κ1) is 17.0. The van der Waals surface area contributed by atoms with Crippen LogP contribution in [0.3, 0.4) is 0 Å². The molecule has 0 unspecified atom stereocenters. The first-order chi connectivity index (χ1) is 12.1. The molecule has 0 aromatic heterocycles. The summed E-state index contributed by atoms with van der Waals surface area (Å²) >= 11 is 0. The van der Waals surface area contributed by atoms with Crippen LogP contribution in [-0.4, -0.2) is 34.5 Å². The second-order valence-corrected chi connectivity index (χ2v) is 6.15. The van der Waals surface area contributed by atoms with Gasteiger partial charge in [0.1, 0.15) is 18.4 Å². The van der Waals surface area contributed by atoms with E-state index >= 15 is 0 Å². The van der Waals surface area contributed by atoms with E-state index in [4.69, 9.17) is 4.74 Å². The number of carboxylic acid groups (broad SMARTS) is 1. The van der Waals surface area contributed by atoms with Crippen LogP contribution in [0, 0.1) is 0 Å². The number of ether oxygens (including phenoxy) is 1. The van der Waals surface area contributed by atoms with Gasteiger partial charge in [-0.3, -0.25) is 4.79 Å². The molecule has 0 radical (unpaired) electrons. The Morgan fingerprint density at radius 1 is 1.04 bits per heavy atom. The molecule has 0 saturated carbocycles. The molecule has 0 aliphatic carbocycles. The number of piperidine rings is 1. The number of rotatable bonds is 5. The highest BCUT2D eigenvalue weighted by molar-refractivity contribution is 5.96. The maximum Gasteiger partial charge on any atom is 0.326 e. The van der Waals surface area contributed by atoms with Gasteiger partial charge in [0.25, 0.3) is 5.91 Å². The van der Waals surface area contributed by atoms with E-state index in [2.05, 4.69) is 0 Å². The summed E-state index contributed by atoms with van der Waals surface area (Å²) in [7, 11) is 0. The first-order valence-electron chi connectivity index (χ1n) is 8.46. The summed E-state index contributed by atoms with van der Waals surface area (Å²) in [6, 6.07) is 16.0. The van der Waals surface area contributed by atoms with E-state index in [9.17, 15) is 14.7 Å². The van der Waals surface area contributed by atoms with Gasteiger partial charge >= 0.3 is 5.97 Å². The molecular weight excluding hydrogens is 318 g/mol. The number of carbonyl (C=O) groups is 2. The monoisotopic (exact) mass is 339 g/mol. The van der Waals surface area contributed by atoms with Crippen molar-refractivity contribution in [2.45, 2.75) is 31.9 Å². The molecule has 1 N–H and O–H groups in total. The highest BCUT2D eigenvalue weighted by Gasteiger charge is 2.32. The minimum atomic E-state index is -0.934. The summed E-state index contributed by atoms with van der Waals surface area (Å²) in [6.45, 7) is 0.948. The molecule has 1 amide bonds. The van der Waals surface area contributed by atoms with Crippen molar-refractivity contribution in [3.05, 3.63) is 65.7 Å². The van der Waals surface area contributed by atoms with Crippen LogP contribution in [0.5, 0.6) is 5.75 Å². The molecule has 1 atom stereocenters. The Balaban J connectivity index is 1.65. The Labute approximate surface area is 146 Å². The molecular formula is C20H21NO4. The van der Waals surface area contributed by atoms with Crippen LogP contribution >= 0.6 is 0 Å². The van der Waals surface area contributed by atoms with Crippen molar-refractivity contribution in [3.8, 4) is 5.75 Å². The summed E-state index contributed by atoms with van der Waals surface area (Å²) in [4.78, 5) is 25.5. The lowest BCUT2D eigenvalue weighted by molar-refractivity contribution is -0.143. The molecule has 5 heteroatoms. The van der Waals surface area contributed by atoms with Crippen molar-refractivity contribution in [2.75, 3.05) is 6.54 Å². The lowest BCUT2D eigenvalue weighted by Crippen LogP contribution is -2.47. The fourth-order valence-electron chi connectivity index (χ4n) is 3.03. The number of nitrogens with zero attached hydrogens (tertiary/aromatic N) is 1. The van der Waals surface area contributed by atoms with Gasteiger partial charge in [-0.15, -0.1) is 0 Å². The Bertz CT molecular complexity index is 727. The van der Waals surface area contributed by atoms with Gasteiger partial charge in [-0.1, -0.05) is 30.3 Å². The van der Waals surface area contributed by atoms with E-state index in [0.29, 0.717) is 30.9 Å². The standard InChI is InChI=1S/C20H21NO4/c22-19(21-13-5-4-8-18(21)20(23)24)16-9-11-17(12-10-16)25-14-15-6-2-1-3-7-15/h1-3,6-7,9-12,18H,4-5,8,13-14H2,(H,23,24)/t18-/m1/s1. The van der Waals surface area contributed by atoms with Crippen LogP contribution in [0.25, 0.3) is 0 Å². The van der Waals surface area contributed by atoms with Gasteiger partial charge in [-0.2, -0.15) is 0 Å². The number of hydrogen-bond donors (Lipinski definition) is 1. The SMILES string of the molecule is O=C(O)[C@H]1CCCCN1C(=O)c1ccc(OCc2ccccc2)cc1. The highest BCUT2D eigenvalue weighted by Crippen LogP contribution is 2.21. The number of amides is 1. The van der Waals surface area contributed by atoms with Crippen LogP contribution in [0.1, 0.15) is 35.2 Å². The lowest BCUT2D eigenvalue weighted by Gasteiger charge is -2.33. The fourth-order valence-corrected chi connectivity index (χ4v) is 3.03. The third-order valence-electron chi connectivity index (χ3n) is 4.40. The largest absolute Gasteiger partial charge is 0.489 e. The third kappa shape index (κ3) is 4.18. The van der Waals surface area contributed by atoms with E-state index in [1.54, 1.807) is 24.3 Å². The molecule has 130 valence electrons. The topological polar surface area (TPSA) is 66.8 Å². The van der Waals surface area contributed by atoms with Crippen molar-refractivity contribution < 1.29 is 19.4 Å². The summed E-state index contributed by atoms with van der Waals surface area (Å²) in [5.74, 6) is -0.494. The van der Waals surface area contributed by atoms with Crippen LogP contribution in [-0.2, 0) is 11.4 Å². The number of hydrogen-bond acceptors (Lipinski definition) is 3. The second-order valence-electron chi connectivity index (χ2n) is 6.15. The minimum absolute atomic E-state index is 0.235. The summed E-state index contributed by atoms with van der Waals surface area (Å²) in [6.07, 6.45) is 2.19. The van der Waals surface area contributed by atoms with Crippen molar-refractivity contribution in [1.29, 1.82) is 0 Å². The number of aliphatic carboxylic acids is 1. The Morgan fingerprint density at radius 3 is 2.44 bits per heavy atom. The van der Waals surface area contributed by atoms with E-state index in [1.165, 1.54) is 4.90 Å². The summed E-state index contributed by atoms with van der Waals surface area (Å²) < 4.78 is 5.71. The van der Waals surface area contributed by atoms with Crippen molar-refractivity contribution in [1.82, 2.24) is 4.90 Å². The Kier molecular flexibility index (Phi) is 5.33. The molecule has 1 aliphatic rings. The Hall–Kier alpha value is -2.82. The zero-order valence-corrected chi connectivity index (χ0v) is 13.9. The molecule has 5 nitrogen and oxygen atoms in total. The third-order valence-corrected chi connectivity index (χ3v) is 4.40. The van der Waals surface area contributed by atoms with Gasteiger partial charge in [0.15, 0.2) is 0 Å². The maximum absolute atomic E-state index is 12.6. The predicted octanol–water partition coefficient (Wildman–Crippen LogP) is 3.34. The van der Waals surface area contributed by atoms with Crippen molar-refractivity contribution in [2.24, 2.45) is 0 Å². The van der Waals surface area contributed by atoms with E-state index in [1.807, 2.05) is 30.3 Å². The summed E-state index contributed by atoms with van der Waals surface area (Å²) in [5, 5.41) is 9.31. The maximum atomic E-state index is 12.6. The quantitative estimate of drug-likeness (QED) is 0.907. The van der Waals surface area contributed by atoms with Crippen LogP contribution in [0.2, 0.25) is 0 Å². The van der Waals surface area contributed by atoms with Gasteiger partial charge in [0.05, 0.1) is 0 Å². The van der Waals surface area contributed by atoms with Crippen LogP contribution in [0.4, 0.5) is 0 Å². The normalized spacial score (nSPS) is 17.1. The molecule has 1 aliphatic heterocycles. The highest BCUT2D eigenvalue weighted by atomic mass is 16.5. The molecule has 2 aromatic carbocycles. The fraction of sp³-hybridized carbons (Fsp3) is 0.300. The molecule has 25 heavy (non-hydrogen) atoms. The van der Waals surface area contributed by atoms with Gasteiger partial charge in [-0.25, -0.2) is 4.79 Å². The second kappa shape index (κ2) is 7.83. The number of benzene rings is 2. The smallest absolute Gasteiger partial charge is 0.326 e.